The number of benzene rings is 1. The number of amides is 1. The molecule has 1 aliphatic heterocycles. The molecule has 1 N–H and O–H groups in total. The lowest BCUT2D eigenvalue weighted by Crippen LogP contribution is -2.36. The topological polar surface area (TPSA) is 43.8 Å². The van der Waals surface area contributed by atoms with E-state index in [1.807, 2.05) is 49.3 Å². The van der Waals surface area contributed by atoms with Crippen molar-refractivity contribution in [3.05, 3.63) is 35.9 Å². The van der Waals surface area contributed by atoms with Crippen LogP contribution in [0.25, 0.3) is 6.08 Å². The van der Waals surface area contributed by atoms with Crippen molar-refractivity contribution >= 4 is 17.7 Å². The van der Waals surface area contributed by atoms with Crippen LogP contribution < -0.4 is 4.90 Å². The summed E-state index contributed by atoms with van der Waals surface area (Å²) in [4.78, 5) is 15.9. The van der Waals surface area contributed by atoms with Crippen LogP contribution in [-0.4, -0.2) is 49.2 Å². The van der Waals surface area contributed by atoms with Crippen LogP contribution in [0.15, 0.2) is 30.3 Å². The molecule has 0 unspecified atom stereocenters. The predicted molar refractivity (Wildman–Crippen MR) is 81.6 cm³/mol. The number of hydrogen-bond acceptors (Lipinski definition) is 3. The third-order valence-electron chi connectivity index (χ3n) is 3.70. The van der Waals surface area contributed by atoms with Crippen molar-refractivity contribution in [2.45, 2.75) is 18.9 Å². The van der Waals surface area contributed by atoms with Gasteiger partial charge in [-0.2, -0.15) is 0 Å². The number of likely N-dealkylation sites (tertiary alicyclic amines) is 1. The third-order valence-corrected chi connectivity index (χ3v) is 3.70. The Balaban J connectivity index is 2.00. The van der Waals surface area contributed by atoms with Crippen LogP contribution in [0.5, 0.6) is 0 Å². The maximum atomic E-state index is 12.1. The van der Waals surface area contributed by atoms with Crippen molar-refractivity contribution in [3.8, 4) is 0 Å². The molecule has 0 spiro atoms. The van der Waals surface area contributed by atoms with Gasteiger partial charge in [0.05, 0.1) is 12.6 Å². The number of nitrogens with zero attached hydrogens (tertiary/aromatic N) is 2. The zero-order chi connectivity index (χ0) is 14.5. The molecule has 2 rings (SSSR count). The van der Waals surface area contributed by atoms with Gasteiger partial charge in [-0.3, -0.25) is 4.79 Å². The van der Waals surface area contributed by atoms with Crippen molar-refractivity contribution in [2.75, 3.05) is 32.1 Å². The van der Waals surface area contributed by atoms with E-state index in [1.165, 1.54) is 0 Å². The average Bonchev–Trinajstić information content (AvgIpc) is 2.93. The van der Waals surface area contributed by atoms with Gasteiger partial charge in [0.15, 0.2) is 0 Å². The zero-order valence-electron chi connectivity index (χ0n) is 12.1. The number of hydrogen-bond donors (Lipinski definition) is 1. The first-order valence-corrected chi connectivity index (χ1v) is 6.98. The van der Waals surface area contributed by atoms with E-state index in [2.05, 4.69) is 0 Å². The highest BCUT2D eigenvalue weighted by atomic mass is 16.3. The molecule has 1 aromatic carbocycles. The smallest absolute Gasteiger partial charge is 0.246 e. The maximum absolute atomic E-state index is 12.1. The van der Waals surface area contributed by atoms with Crippen molar-refractivity contribution < 1.29 is 9.90 Å². The zero-order valence-corrected chi connectivity index (χ0v) is 12.1. The highest BCUT2D eigenvalue weighted by molar-refractivity contribution is 5.92. The number of carbonyl (C=O) groups is 1. The Morgan fingerprint density at radius 3 is 2.70 bits per heavy atom. The summed E-state index contributed by atoms with van der Waals surface area (Å²) in [5.41, 5.74) is 2.14. The normalized spacial score (nSPS) is 18.8. The molecule has 0 bridgehead atoms. The molecule has 1 atom stereocenters. The van der Waals surface area contributed by atoms with Crippen LogP contribution in [0, 0.1) is 0 Å². The van der Waals surface area contributed by atoms with Gasteiger partial charge in [-0.15, -0.1) is 0 Å². The molecule has 1 fully saturated rings. The number of anilines is 1. The average molecular weight is 274 g/mol. The van der Waals surface area contributed by atoms with Crippen molar-refractivity contribution in [1.29, 1.82) is 0 Å². The molecule has 1 saturated heterocycles. The fourth-order valence-electron chi connectivity index (χ4n) is 2.46. The molecule has 1 amide bonds. The van der Waals surface area contributed by atoms with Gasteiger partial charge in [-0.05, 0) is 36.6 Å². The Morgan fingerprint density at radius 1 is 1.40 bits per heavy atom. The second-order valence-corrected chi connectivity index (χ2v) is 5.33. The molecule has 1 aliphatic rings. The van der Waals surface area contributed by atoms with Crippen molar-refractivity contribution in [2.24, 2.45) is 0 Å². The first-order valence-electron chi connectivity index (χ1n) is 6.98. The molecular weight excluding hydrogens is 252 g/mol. The number of carbonyl (C=O) groups excluding carboxylic acids is 1. The Hall–Kier alpha value is -1.81. The Bertz CT molecular complexity index is 480. The summed E-state index contributed by atoms with van der Waals surface area (Å²) in [5.74, 6) is -0.0155. The molecule has 4 heteroatoms. The fourth-order valence-corrected chi connectivity index (χ4v) is 2.46. The fraction of sp³-hybridized carbons (Fsp3) is 0.438. The van der Waals surface area contributed by atoms with Crippen LogP contribution in [-0.2, 0) is 4.79 Å². The molecule has 1 heterocycles. The van der Waals surface area contributed by atoms with Crippen molar-refractivity contribution in [1.82, 2.24) is 4.90 Å². The van der Waals surface area contributed by atoms with E-state index in [4.69, 9.17) is 0 Å². The summed E-state index contributed by atoms with van der Waals surface area (Å²) < 4.78 is 0. The summed E-state index contributed by atoms with van der Waals surface area (Å²) in [6.45, 7) is 0.797. The molecule has 20 heavy (non-hydrogen) atoms. The van der Waals surface area contributed by atoms with E-state index in [9.17, 15) is 9.90 Å². The molecule has 1 aromatic rings. The number of aliphatic hydroxyl groups is 1. The quantitative estimate of drug-likeness (QED) is 0.851. The summed E-state index contributed by atoms with van der Waals surface area (Å²) in [5, 5.41) is 9.23. The maximum Gasteiger partial charge on any atom is 0.246 e. The van der Waals surface area contributed by atoms with Gasteiger partial charge >= 0.3 is 0 Å². The minimum Gasteiger partial charge on any atom is -0.394 e. The summed E-state index contributed by atoms with van der Waals surface area (Å²) in [6, 6.07) is 8.02. The standard InChI is InChI=1S/C16H22N2O2/c1-17(2)14-8-5-13(6-9-14)7-10-16(20)18-11-3-4-15(18)12-19/h5-10,15,19H,3-4,11-12H2,1-2H3/t15-/m0/s1. The first-order chi connectivity index (χ1) is 9.61. The van der Waals surface area contributed by atoms with Gasteiger partial charge in [-0.25, -0.2) is 0 Å². The van der Waals surface area contributed by atoms with E-state index >= 15 is 0 Å². The van der Waals surface area contributed by atoms with Crippen LogP contribution in [0.3, 0.4) is 0 Å². The van der Waals surface area contributed by atoms with Gasteiger partial charge < -0.3 is 14.9 Å². The Morgan fingerprint density at radius 2 is 2.10 bits per heavy atom. The summed E-state index contributed by atoms with van der Waals surface area (Å²) in [7, 11) is 3.99. The summed E-state index contributed by atoms with van der Waals surface area (Å²) >= 11 is 0. The predicted octanol–water partition coefficient (Wildman–Crippen LogP) is 1.75. The second-order valence-electron chi connectivity index (χ2n) is 5.33. The second kappa shape index (κ2) is 6.57. The highest BCUT2D eigenvalue weighted by Crippen LogP contribution is 2.18. The number of aliphatic hydroxyl groups excluding tert-OH is 1. The summed E-state index contributed by atoms with van der Waals surface area (Å²) in [6.07, 6.45) is 5.29. The molecule has 0 aliphatic carbocycles. The van der Waals surface area contributed by atoms with E-state index < -0.39 is 0 Å². The Labute approximate surface area is 120 Å². The van der Waals surface area contributed by atoms with Crippen molar-refractivity contribution in [3.63, 3.8) is 0 Å². The van der Waals surface area contributed by atoms with Gasteiger partial charge in [-0.1, -0.05) is 12.1 Å². The molecule has 4 nitrogen and oxygen atoms in total. The van der Waals surface area contributed by atoms with E-state index in [0.717, 1.165) is 30.6 Å². The minimum atomic E-state index is -0.0155. The molecule has 108 valence electrons. The monoisotopic (exact) mass is 274 g/mol. The van der Waals surface area contributed by atoms with Gasteiger partial charge in [0.1, 0.15) is 0 Å². The third kappa shape index (κ3) is 3.39. The van der Waals surface area contributed by atoms with Crippen LogP contribution in [0.4, 0.5) is 5.69 Å². The van der Waals surface area contributed by atoms with E-state index in [-0.39, 0.29) is 18.6 Å². The van der Waals surface area contributed by atoms with E-state index in [0.29, 0.717) is 0 Å². The number of rotatable bonds is 4. The lowest BCUT2D eigenvalue weighted by molar-refractivity contribution is -0.127. The molecule has 0 aromatic heterocycles. The van der Waals surface area contributed by atoms with Gasteiger partial charge in [0.25, 0.3) is 0 Å². The SMILES string of the molecule is CN(C)c1ccc(C=CC(=O)N2CCC[C@H]2CO)cc1. The Kier molecular flexibility index (Phi) is 4.79. The largest absolute Gasteiger partial charge is 0.394 e. The highest BCUT2D eigenvalue weighted by Gasteiger charge is 2.26. The van der Waals surface area contributed by atoms with Crippen LogP contribution in [0.1, 0.15) is 18.4 Å². The lowest BCUT2D eigenvalue weighted by atomic mass is 10.2. The van der Waals surface area contributed by atoms with Gasteiger partial charge in [0.2, 0.25) is 5.91 Å². The van der Waals surface area contributed by atoms with E-state index in [1.54, 1.807) is 11.0 Å². The molecule has 0 radical (unpaired) electrons. The van der Waals surface area contributed by atoms with Crippen LogP contribution >= 0.6 is 0 Å². The van der Waals surface area contributed by atoms with Gasteiger partial charge in [0, 0.05) is 32.4 Å². The lowest BCUT2D eigenvalue weighted by Gasteiger charge is -2.21. The molecular formula is C16H22N2O2. The minimum absolute atomic E-state index is 0.0109. The molecule has 0 saturated carbocycles. The van der Waals surface area contributed by atoms with Crippen LogP contribution in [0.2, 0.25) is 0 Å². The first kappa shape index (κ1) is 14.6.